The number of likely N-dealkylation sites (tertiary alicyclic amines) is 1. The number of likely N-dealkylation sites (N-methyl/N-ethyl adjacent to an activating group) is 1. The second kappa shape index (κ2) is 4.54. The summed E-state index contributed by atoms with van der Waals surface area (Å²) in [4.78, 5) is 2.31. The van der Waals surface area contributed by atoms with E-state index in [0.717, 1.165) is 36.3 Å². The van der Waals surface area contributed by atoms with Gasteiger partial charge in [0.05, 0.1) is 11.3 Å². The zero-order chi connectivity index (χ0) is 11.5. The molecule has 1 aromatic carbocycles. The molecule has 0 radical (unpaired) electrons. The van der Waals surface area contributed by atoms with Crippen molar-refractivity contribution in [2.24, 2.45) is 0 Å². The standard InChI is InChI=1S/C13H17N3/c1-10-4-3-5-13(12(10)8-14)15-11-6-7-16(2)9-11/h3-5,11,15H,6-7,9H2,1-2H3. The summed E-state index contributed by atoms with van der Waals surface area (Å²) in [6, 6.07) is 8.71. The molecule has 1 atom stereocenters. The van der Waals surface area contributed by atoms with Crippen molar-refractivity contribution in [2.75, 3.05) is 25.5 Å². The highest BCUT2D eigenvalue weighted by Gasteiger charge is 2.20. The summed E-state index contributed by atoms with van der Waals surface area (Å²) in [5, 5.41) is 12.6. The number of nitriles is 1. The van der Waals surface area contributed by atoms with Crippen LogP contribution in [0.5, 0.6) is 0 Å². The fourth-order valence-corrected chi connectivity index (χ4v) is 2.21. The summed E-state index contributed by atoms with van der Waals surface area (Å²) in [6.45, 7) is 4.16. The van der Waals surface area contributed by atoms with E-state index in [-0.39, 0.29) is 0 Å². The van der Waals surface area contributed by atoms with E-state index in [0.29, 0.717) is 6.04 Å². The Hall–Kier alpha value is -1.53. The molecule has 0 bridgehead atoms. The molecule has 2 rings (SSSR count). The number of rotatable bonds is 2. The van der Waals surface area contributed by atoms with Crippen molar-refractivity contribution in [1.82, 2.24) is 4.90 Å². The summed E-state index contributed by atoms with van der Waals surface area (Å²) in [5.41, 5.74) is 2.79. The van der Waals surface area contributed by atoms with E-state index in [2.05, 4.69) is 23.3 Å². The van der Waals surface area contributed by atoms with Crippen molar-refractivity contribution in [3.8, 4) is 6.07 Å². The first-order valence-electron chi connectivity index (χ1n) is 5.65. The number of hydrogen-bond donors (Lipinski definition) is 1. The van der Waals surface area contributed by atoms with Crippen LogP contribution in [-0.2, 0) is 0 Å². The smallest absolute Gasteiger partial charge is 0.102 e. The normalized spacial score (nSPS) is 20.7. The lowest BCUT2D eigenvalue weighted by molar-refractivity contribution is 0.414. The lowest BCUT2D eigenvalue weighted by Gasteiger charge is -2.16. The Morgan fingerprint density at radius 3 is 2.94 bits per heavy atom. The molecule has 3 heteroatoms. The number of aryl methyl sites for hydroxylation is 1. The van der Waals surface area contributed by atoms with E-state index in [1.54, 1.807) is 0 Å². The summed E-state index contributed by atoms with van der Waals surface area (Å²) in [5.74, 6) is 0. The van der Waals surface area contributed by atoms with Crippen molar-refractivity contribution in [1.29, 1.82) is 5.26 Å². The second-order valence-corrected chi connectivity index (χ2v) is 4.50. The van der Waals surface area contributed by atoms with Gasteiger partial charge < -0.3 is 10.2 Å². The Morgan fingerprint density at radius 2 is 2.31 bits per heavy atom. The van der Waals surface area contributed by atoms with Crippen molar-refractivity contribution in [2.45, 2.75) is 19.4 Å². The minimum Gasteiger partial charge on any atom is -0.380 e. The maximum Gasteiger partial charge on any atom is 0.102 e. The quantitative estimate of drug-likeness (QED) is 0.820. The average molecular weight is 215 g/mol. The van der Waals surface area contributed by atoms with Gasteiger partial charge in [0.2, 0.25) is 0 Å². The van der Waals surface area contributed by atoms with Crippen molar-refractivity contribution in [3.05, 3.63) is 29.3 Å². The molecule has 1 unspecified atom stereocenters. The Balaban J connectivity index is 2.16. The van der Waals surface area contributed by atoms with Gasteiger partial charge in [0, 0.05) is 12.6 Å². The predicted octanol–water partition coefficient (Wildman–Crippen LogP) is 1.98. The van der Waals surface area contributed by atoms with Crippen LogP contribution in [0.1, 0.15) is 17.5 Å². The molecule has 84 valence electrons. The molecule has 1 aromatic rings. The first-order chi connectivity index (χ1) is 7.70. The predicted molar refractivity (Wildman–Crippen MR) is 65.4 cm³/mol. The Labute approximate surface area is 96.7 Å². The molecule has 1 saturated heterocycles. The lowest BCUT2D eigenvalue weighted by Crippen LogP contribution is -2.24. The number of nitrogens with zero attached hydrogens (tertiary/aromatic N) is 2. The van der Waals surface area contributed by atoms with Gasteiger partial charge in [0.15, 0.2) is 0 Å². The second-order valence-electron chi connectivity index (χ2n) is 4.50. The summed E-state index contributed by atoms with van der Waals surface area (Å²) in [7, 11) is 2.13. The summed E-state index contributed by atoms with van der Waals surface area (Å²) in [6.07, 6.45) is 1.15. The highest BCUT2D eigenvalue weighted by Crippen LogP contribution is 2.21. The van der Waals surface area contributed by atoms with Gasteiger partial charge in [-0.25, -0.2) is 0 Å². The molecule has 3 nitrogen and oxygen atoms in total. The fraction of sp³-hybridized carbons (Fsp3) is 0.462. The molecule has 16 heavy (non-hydrogen) atoms. The Kier molecular flexibility index (Phi) is 3.12. The molecule has 0 spiro atoms. The van der Waals surface area contributed by atoms with E-state index in [1.807, 2.05) is 25.1 Å². The third-order valence-electron chi connectivity index (χ3n) is 3.14. The third-order valence-corrected chi connectivity index (χ3v) is 3.14. The number of nitrogens with one attached hydrogen (secondary N) is 1. The molecule has 1 heterocycles. The van der Waals surface area contributed by atoms with Gasteiger partial charge in [-0.05, 0) is 38.6 Å². The highest BCUT2D eigenvalue weighted by atomic mass is 15.2. The zero-order valence-electron chi connectivity index (χ0n) is 9.83. The minimum absolute atomic E-state index is 0.471. The maximum atomic E-state index is 9.12. The highest BCUT2D eigenvalue weighted by molar-refractivity contribution is 5.61. The fourth-order valence-electron chi connectivity index (χ4n) is 2.21. The molecule has 0 saturated carbocycles. The molecular formula is C13H17N3. The van der Waals surface area contributed by atoms with Crippen LogP contribution in [0.25, 0.3) is 0 Å². The molecule has 0 amide bonds. The van der Waals surface area contributed by atoms with Crippen LogP contribution < -0.4 is 5.32 Å². The molecule has 0 aliphatic carbocycles. The molecular weight excluding hydrogens is 198 g/mol. The van der Waals surface area contributed by atoms with Crippen LogP contribution >= 0.6 is 0 Å². The Bertz CT molecular complexity index is 420. The van der Waals surface area contributed by atoms with Gasteiger partial charge in [-0.3, -0.25) is 0 Å². The Morgan fingerprint density at radius 1 is 1.50 bits per heavy atom. The molecule has 1 aliphatic heterocycles. The van der Waals surface area contributed by atoms with E-state index in [4.69, 9.17) is 5.26 Å². The largest absolute Gasteiger partial charge is 0.380 e. The molecule has 1 fully saturated rings. The van der Waals surface area contributed by atoms with Gasteiger partial charge in [-0.1, -0.05) is 12.1 Å². The van der Waals surface area contributed by atoms with Crippen LogP contribution in [0.3, 0.4) is 0 Å². The molecule has 1 aliphatic rings. The zero-order valence-corrected chi connectivity index (χ0v) is 9.83. The monoisotopic (exact) mass is 215 g/mol. The van der Waals surface area contributed by atoms with E-state index >= 15 is 0 Å². The molecule has 0 aromatic heterocycles. The number of hydrogen-bond acceptors (Lipinski definition) is 3. The van der Waals surface area contributed by atoms with Crippen molar-refractivity contribution < 1.29 is 0 Å². The van der Waals surface area contributed by atoms with Gasteiger partial charge in [0.1, 0.15) is 6.07 Å². The SMILES string of the molecule is Cc1cccc(NC2CCN(C)C2)c1C#N. The first kappa shape index (κ1) is 11.0. The van der Waals surface area contributed by atoms with E-state index in [9.17, 15) is 0 Å². The number of anilines is 1. The van der Waals surface area contributed by atoms with Gasteiger partial charge in [0.25, 0.3) is 0 Å². The van der Waals surface area contributed by atoms with Gasteiger partial charge in [-0.2, -0.15) is 5.26 Å². The van der Waals surface area contributed by atoms with Crippen molar-refractivity contribution in [3.63, 3.8) is 0 Å². The van der Waals surface area contributed by atoms with Crippen LogP contribution in [0.4, 0.5) is 5.69 Å². The van der Waals surface area contributed by atoms with Crippen LogP contribution in [0, 0.1) is 18.3 Å². The first-order valence-corrected chi connectivity index (χ1v) is 5.65. The molecule has 1 N–H and O–H groups in total. The van der Waals surface area contributed by atoms with Crippen LogP contribution in [0.15, 0.2) is 18.2 Å². The average Bonchev–Trinajstić information content (AvgIpc) is 2.64. The summed E-state index contributed by atoms with van der Waals surface area (Å²) < 4.78 is 0. The topological polar surface area (TPSA) is 39.1 Å². The minimum atomic E-state index is 0.471. The van der Waals surface area contributed by atoms with Gasteiger partial charge >= 0.3 is 0 Å². The van der Waals surface area contributed by atoms with E-state index < -0.39 is 0 Å². The summed E-state index contributed by atoms with van der Waals surface area (Å²) >= 11 is 0. The lowest BCUT2D eigenvalue weighted by atomic mass is 10.1. The maximum absolute atomic E-state index is 9.12. The van der Waals surface area contributed by atoms with Crippen LogP contribution in [0.2, 0.25) is 0 Å². The van der Waals surface area contributed by atoms with Crippen LogP contribution in [-0.4, -0.2) is 31.1 Å². The van der Waals surface area contributed by atoms with Gasteiger partial charge in [-0.15, -0.1) is 0 Å². The third kappa shape index (κ3) is 2.17. The number of benzene rings is 1. The van der Waals surface area contributed by atoms with Crippen molar-refractivity contribution >= 4 is 5.69 Å². The van der Waals surface area contributed by atoms with E-state index in [1.165, 1.54) is 0 Å².